The molecule has 0 fully saturated rings. The van der Waals surface area contributed by atoms with Crippen molar-refractivity contribution in [3.63, 3.8) is 0 Å². The van der Waals surface area contributed by atoms with Crippen molar-refractivity contribution in [1.29, 1.82) is 0 Å². The van der Waals surface area contributed by atoms with Gasteiger partial charge in [-0.1, -0.05) is 12.1 Å². The van der Waals surface area contributed by atoms with Crippen LogP contribution in [0, 0.1) is 5.95 Å². The number of halogens is 4. The van der Waals surface area contributed by atoms with Crippen LogP contribution < -0.4 is 4.74 Å². The van der Waals surface area contributed by atoms with Crippen LogP contribution in [0.15, 0.2) is 48.7 Å². The van der Waals surface area contributed by atoms with Crippen LogP contribution in [0.1, 0.15) is 15.9 Å². The number of H-pyrrole nitrogens is 1. The Balaban J connectivity index is 1.98. The van der Waals surface area contributed by atoms with E-state index >= 15 is 0 Å². The van der Waals surface area contributed by atoms with Gasteiger partial charge in [-0.3, -0.25) is 5.10 Å². The number of hydrogen-bond donors (Lipinski definition) is 2. The summed E-state index contributed by atoms with van der Waals surface area (Å²) in [6.45, 7) is 0. The highest BCUT2D eigenvalue weighted by molar-refractivity contribution is 5.92. The van der Waals surface area contributed by atoms with Crippen LogP contribution >= 0.6 is 0 Å². The van der Waals surface area contributed by atoms with Crippen molar-refractivity contribution in [2.24, 2.45) is 0 Å². The smallest absolute Gasteiger partial charge is 0.416 e. The fourth-order valence-electron chi connectivity index (χ4n) is 2.29. The quantitative estimate of drug-likeness (QED) is 0.655. The SMILES string of the molecule is O=C(O)c1cc(-c2c[nH]nc2F)ccc1Oc1cccc(C(F)(F)F)c1. The number of aromatic amines is 1. The summed E-state index contributed by atoms with van der Waals surface area (Å²) in [6.07, 6.45) is -3.30. The second-order valence-corrected chi connectivity index (χ2v) is 5.23. The van der Waals surface area contributed by atoms with Gasteiger partial charge in [0.1, 0.15) is 17.1 Å². The minimum atomic E-state index is -4.56. The highest BCUT2D eigenvalue weighted by Gasteiger charge is 2.30. The number of alkyl halides is 3. The summed E-state index contributed by atoms with van der Waals surface area (Å²) in [5.74, 6) is -2.54. The summed E-state index contributed by atoms with van der Waals surface area (Å²) in [5.41, 5.74) is -0.979. The molecule has 0 aliphatic rings. The lowest BCUT2D eigenvalue weighted by atomic mass is 10.0. The fraction of sp³-hybridized carbons (Fsp3) is 0.0588. The molecule has 9 heteroatoms. The van der Waals surface area contributed by atoms with Gasteiger partial charge in [0.15, 0.2) is 0 Å². The average molecular weight is 366 g/mol. The van der Waals surface area contributed by atoms with Crippen LogP contribution in [0.25, 0.3) is 11.1 Å². The predicted molar refractivity (Wildman–Crippen MR) is 82.5 cm³/mol. The largest absolute Gasteiger partial charge is 0.478 e. The Morgan fingerprint density at radius 2 is 1.92 bits per heavy atom. The molecule has 134 valence electrons. The van der Waals surface area contributed by atoms with Gasteiger partial charge < -0.3 is 9.84 Å². The standard InChI is InChI=1S/C17H10F4N2O3/c18-15-13(8-22-23-15)9-4-5-14(12(6-9)16(24)25)26-11-3-1-2-10(7-11)17(19,20)21/h1-8H,(H,22,23)(H,24,25). The zero-order valence-corrected chi connectivity index (χ0v) is 12.8. The number of rotatable bonds is 4. The van der Waals surface area contributed by atoms with Crippen molar-refractivity contribution in [2.45, 2.75) is 6.18 Å². The molecule has 0 radical (unpaired) electrons. The summed E-state index contributed by atoms with van der Waals surface area (Å²) in [7, 11) is 0. The fourth-order valence-corrected chi connectivity index (χ4v) is 2.29. The molecule has 3 aromatic rings. The Morgan fingerprint density at radius 1 is 1.15 bits per heavy atom. The molecule has 1 aromatic heterocycles. The maximum Gasteiger partial charge on any atom is 0.416 e. The molecule has 2 N–H and O–H groups in total. The lowest BCUT2D eigenvalue weighted by Gasteiger charge is -2.12. The average Bonchev–Trinajstić information content (AvgIpc) is 3.00. The van der Waals surface area contributed by atoms with Crippen molar-refractivity contribution in [3.8, 4) is 22.6 Å². The van der Waals surface area contributed by atoms with Gasteiger partial charge in [0, 0.05) is 6.20 Å². The number of carboxylic acids is 1. The molecule has 1 heterocycles. The van der Waals surface area contributed by atoms with Crippen LogP contribution in [-0.2, 0) is 6.18 Å². The number of aromatic nitrogens is 2. The predicted octanol–water partition coefficient (Wildman–Crippen LogP) is 4.73. The number of aromatic carboxylic acids is 1. The molecule has 0 saturated carbocycles. The molecule has 0 saturated heterocycles. The number of hydrogen-bond acceptors (Lipinski definition) is 3. The Morgan fingerprint density at radius 3 is 2.54 bits per heavy atom. The molecule has 0 unspecified atom stereocenters. The maximum absolute atomic E-state index is 13.5. The van der Waals surface area contributed by atoms with Crippen LogP contribution in [0.3, 0.4) is 0 Å². The van der Waals surface area contributed by atoms with Crippen molar-refractivity contribution in [1.82, 2.24) is 10.2 Å². The maximum atomic E-state index is 13.5. The third kappa shape index (κ3) is 3.51. The molecule has 0 amide bonds. The van der Waals surface area contributed by atoms with Gasteiger partial charge in [0.2, 0.25) is 5.95 Å². The first-order valence-corrected chi connectivity index (χ1v) is 7.18. The van der Waals surface area contributed by atoms with E-state index in [1.807, 2.05) is 0 Å². The van der Waals surface area contributed by atoms with Gasteiger partial charge in [-0.05, 0) is 35.9 Å². The van der Waals surface area contributed by atoms with Crippen molar-refractivity contribution < 1.29 is 32.2 Å². The van der Waals surface area contributed by atoms with Gasteiger partial charge in [-0.15, -0.1) is 5.10 Å². The van der Waals surface area contributed by atoms with Gasteiger partial charge >= 0.3 is 12.1 Å². The van der Waals surface area contributed by atoms with Crippen molar-refractivity contribution >= 4 is 5.97 Å². The van der Waals surface area contributed by atoms with Crippen LogP contribution in [0.4, 0.5) is 17.6 Å². The summed E-state index contributed by atoms with van der Waals surface area (Å²) in [5, 5.41) is 15.0. The third-order valence-electron chi connectivity index (χ3n) is 3.50. The highest BCUT2D eigenvalue weighted by Crippen LogP contribution is 2.34. The molecule has 2 aromatic carbocycles. The lowest BCUT2D eigenvalue weighted by molar-refractivity contribution is -0.137. The summed E-state index contributed by atoms with van der Waals surface area (Å²) in [6, 6.07) is 7.82. The Hall–Kier alpha value is -3.36. The molecule has 26 heavy (non-hydrogen) atoms. The zero-order valence-electron chi connectivity index (χ0n) is 12.8. The number of ether oxygens (including phenoxy) is 1. The van der Waals surface area contributed by atoms with E-state index in [-0.39, 0.29) is 28.2 Å². The Bertz CT molecular complexity index is 967. The molecule has 0 aliphatic heterocycles. The number of nitrogens with zero attached hydrogens (tertiary/aromatic N) is 1. The number of nitrogens with one attached hydrogen (secondary N) is 1. The second kappa shape index (κ2) is 6.51. The van der Waals surface area contributed by atoms with E-state index in [0.717, 1.165) is 24.3 Å². The van der Waals surface area contributed by atoms with Crippen LogP contribution in [0.2, 0.25) is 0 Å². The third-order valence-corrected chi connectivity index (χ3v) is 3.50. The number of carboxylic acid groups (broad SMARTS) is 1. The van der Waals surface area contributed by atoms with E-state index in [1.165, 1.54) is 24.4 Å². The molecule has 0 spiro atoms. The monoisotopic (exact) mass is 366 g/mol. The Kier molecular flexibility index (Phi) is 4.37. The first kappa shape index (κ1) is 17.5. The van der Waals surface area contributed by atoms with E-state index < -0.39 is 23.7 Å². The zero-order chi connectivity index (χ0) is 18.9. The Labute approximate surface area is 143 Å². The topological polar surface area (TPSA) is 75.2 Å². The first-order valence-electron chi connectivity index (χ1n) is 7.18. The summed E-state index contributed by atoms with van der Waals surface area (Å²) >= 11 is 0. The minimum Gasteiger partial charge on any atom is -0.478 e. The molecule has 0 bridgehead atoms. The van der Waals surface area contributed by atoms with Crippen molar-refractivity contribution in [3.05, 3.63) is 65.7 Å². The first-order chi connectivity index (χ1) is 12.3. The summed E-state index contributed by atoms with van der Waals surface area (Å²) < 4.78 is 57.2. The van der Waals surface area contributed by atoms with Gasteiger partial charge in [0.05, 0.1) is 11.1 Å². The summed E-state index contributed by atoms with van der Waals surface area (Å²) in [4.78, 5) is 11.5. The highest BCUT2D eigenvalue weighted by atomic mass is 19.4. The minimum absolute atomic E-state index is 0.0538. The van der Waals surface area contributed by atoms with E-state index in [9.17, 15) is 27.5 Å². The van der Waals surface area contributed by atoms with E-state index in [1.54, 1.807) is 0 Å². The van der Waals surface area contributed by atoms with E-state index in [2.05, 4.69) is 10.2 Å². The van der Waals surface area contributed by atoms with Gasteiger partial charge in [-0.2, -0.15) is 17.6 Å². The van der Waals surface area contributed by atoms with Crippen LogP contribution in [0.5, 0.6) is 11.5 Å². The second-order valence-electron chi connectivity index (χ2n) is 5.23. The molecule has 5 nitrogen and oxygen atoms in total. The van der Waals surface area contributed by atoms with Gasteiger partial charge in [0.25, 0.3) is 0 Å². The molecule has 0 atom stereocenters. The molecular weight excluding hydrogens is 356 g/mol. The molecule has 3 rings (SSSR count). The van der Waals surface area contributed by atoms with E-state index in [4.69, 9.17) is 4.74 Å². The van der Waals surface area contributed by atoms with Crippen molar-refractivity contribution in [2.75, 3.05) is 0 Å². The lowest BCUT2D eigenvalue weighted by Crippen LogP contribution is -2.05. The molecular formula is C17H10F4N2O3. The number of carbonyl (C=O) groups is 1. The van der Waals surface area contributed by atoms with E-state index in [0.29, 0.717) is 0 Å². The normalized spacial score (nSPS) is 11.4. The number of benzene rings is 2. The molecule has 0 aliphatic carbocycles. The van der Waals surface area contributed by atoms with Crippen LogP contribution in [-0.4, -0.2) is 21.3 Å². The van der Waals surface area contributed by atoms with Gasteiger partial charge in [-0.25, -0.2) is 4.79 Å².